The Hall–Kier alpha value is -3.33. The topological polar surface area (TPSA) is 104 Å². The van der Waals surface area contributed by atoms with Gasteiger partial charge in [-0.15, -0.1) is 11.8 Å². The molecule has 12 heteroatoms. The summed E-state index contributed by atoms with van der Waals surface area (Å²) in [6, 6.07) is 6.10. The lowest BCUT2D eigenvalue weighted by atomic mass is 10.2. The van der Waals surface area contributed by atoms with Crippen molar-refractivity contribution in [1.29, 1.82) is 5.26 Å². The summed E-state index contributed by atoms with van der Waals surface area (Å²) in [5, 5.41) is 10.3. The van der Waals surface area contributed by atoms with Crippen molar-refractivity contribution in [1.82, 2.24) is 9.88 Å². The maximum absolute atomic E-state index is 13.4. The number of aromatic nitrogens is 1. The van der Waals surface area contributed by atoms with Crippen LogP contribution in [0.3, 0.4) is 0 Å². The van der Waals surface area contributed by atoms with E-state index in [1.807, 2.05) is 5.32 Å². The van der Waals surface area contributed by atoms with Gasteiger partial charge < -0.3 is 15.2 Å². The first-order valence-corrected chi connectivity index (χ1v) is 9.20. The number of thioether (sulfide) groups is 1. The van der Waals surface area contributed by atoms with E-state index in [2.05, 4.69) is 5.32 Å². The van der Waals surface area contributed by atoms with Crippen LogP contribution in [0.1, 0.15) is 26.4 Å². The lowest BCUT2D eigenvalue weighted by molar-refractivity contribution is -0.125. The number of carbonyl (C=O) groups is 3. The van der Waals surface area contributed by atoms with Crippen LogP contribution in [-0.4, -0.2) is 39.0 Å². The summed E-state index contributed by atoms with van der Waals surface area (Å²) in [5.74, 6) is -3.77. The number of nitrogens with zero attached hydrogens (tertiary/aromatic N) is 2. The van der Waals surface area contributed by atoms with Crippen LogP contribution in [0.25, 0.3) is 0 Å². The molecule has 0 aliphatic carbocycles. The zero-order valence-electron chi connectivity index (χ0n) is 15.1. The number of amides is 2. The molecule has 3 rings (SSSR count). The molecule has 0 spiro atoms. The molecule has 2 amide bonds. The van der Waals surface area contributed by atoms with Gasteiger partial charge in [-0.2, -0.15) is 18.4 Å². The van der Waals surface area contributed by atoms with Crippen LogP contribution in [0.5, 0.6) is 0 Å². The Labute approximate surface area is 171 Å². The normalized spacial score (nSPS) is 17.7. The van der Waals surface area contributed by atoms with Gasteiger partial charge in [-0.05, 0) is 24.3 Å². The lowest BCUT2D eigenvalue weighted by Crippen LogP contribution is -2.36. The van der Waals surface area contributed by atoms with Gasteiger partial charge in [0.2, 0.25) is 0 Å². The molecule has 2 aromatic rings. The Balaban J connectivity index is 1.69. The highest BCUT2D eigenvalue weighted by Crippen LogP contribution is 2.49. The molecule has 156 valence electrons. The van der Waals surface area contributed by atoms with Gasteiger partial charge in [0.1, 0.15) is 22.8 Å². The molecule has 1 aromatic heterocycles. The van der Waals surface area contributed by atoms with Crippen LogP contribution in [0.2, 0.25) is 0 Å². The summed E-state index contributed by atoms with van der Waals surface area (Å²) in [5.41, 5.74) is -0.370. The van der Waals surface area contributed by atoms with Gasteiger partial charge >= 0.3 is 6.18 Å². The summed E-state index contributed by atoms with van der Waals surface area (Å²) in [6.07, 6.45) is -3.29. The Morgan fingerprint density at radius 3 is 2.53 bits per heavy atom. The maximum atomic E-state index is 13.4. The Bertz CT molecular complexity index is 1090. The van der Waals surface area contributed by atoms with Crippen molar-refractivity contribution in [2.45, 2.75) is 16.8 Å². The summed E-state index contributed by atoms with van der Waals surface area (Å²) in [4.78, 5) is 36.6. The van der Waals surface area contributed by atoms with Crippen molar-refractivity contribution >= 4 is 35.0 Å². The minimum atomic E-state index is -4.48. The van der Waals surface area contributed by atoms with Crippen molar-refractivity contribution in [3.8, 4) is 6.07 Å². The Morgan fingerprint density at radius 2 is 1.93 bits per heavy atom. The van der Waals surface area contributed by atoms with E-state index >= 15 is 0 Å². The van der Waals surface area contributed by atoms with Gasteiger partial charge in [-0.1, -0.05) is 0 Å². The van der Waals surface area contributed by atoms with E-state index in [1.165, 1.54) is 23.9 Å². The fourth-order valence-electron chi connectivity index (χ4n) is 2.60. The number of alkyl halides is 3. The second kappa shape index (κ2) is 7.83. The molecule has 2 N–H and O–H groups in total. The van der Waals surface area contributed by atoms with Crippen LogP contribution < -0.4 is 10.6 Å². The fraction of sp³-hybridized carbons (Fsp3) is 0.222. The van der Waals surface area contributed by atoms with Crippen molar-refractivity contribution in [2.75, 3.05) is 5.32 Å². The molecular formula is C18H12F4N4O3S. The van der Waals surface area contributed by atoms with Crippen molar-refractivity contribution in [2.24, 2.45) is 7.05 Å². The minimum Gasteiger partial charge on any atom is -0.346 e. The predicted molar refractivity (Wildman–Crippen MR) is 98.2 cm³/mol. The quantitative estimate of drug-likeness (QED) is 0.322. The highest BCUT2D eigenvalue weighted by molar-refractivity contribution is 8.07. The summed E-state index contributed by atoms with van der Waals surface area (Å²) >= 11 is 0.475. The number of aryl methyl sites for hydroxylation is 1. The summed E-state index contributed by atoms with van der Waals surface area (Å²) < 4.78 is 52.2. The van der Waals surface area contributed by atoms with Crippen molar-refractivity contribution in [3.05, 3.63) is 53.1 Å². The molecule has 30 heavy (non-hydrogen) atoms. The first-order chi connectivity index (χ1) is 14.0. The first-order valence-electron chi connectivity index (χ1n) is 8.26. The van der Waals surface area contributed by atoms with Gasteiger partial charge in [0.15, 0.2) is 0 Å². The van der Waals surface area contributed by atoms with Gasteiger partial charge in [0.05, 0.1) is 10.9 Å². The van der Waals surface area contributed by atoms with Crippen LogP contribution in [-0.2, 0) is 11.8 Å². The monoisotopic (exact) mass is 440 g/mol. The Morgan fingerprint density at radius 1 is 1.23 bits per heavy atom. The second-order valence-corrected chi connectivity index (χ2v) is 7.59. The molecule has 1 saturated heterocycles. The number of hydrogen-bond acceptors (Lipinski definition) is 5. The van der Waals surface area contributed by atoms with Gasteiger partial charge in [0, 0.05) is 24.5 Å². The standard InChI is InChI=1S/C18H12F4N4O3S/c1-26-7-9(13(27)16(29)25-17-14(30-17)18(20,21)22)5-12(26)15(28)24-10-2-3-11(19)8(4-10)6-23/h2-5,7,14,17H,1H3,(H,24,28)(H,25,29). The zero-order valence-corrected chi connectivity index (χ0v) is 15.9. The largest absolute Gasteiger partial charge is 0.403 e. The smallest absolute Gasteiger partial charge is 0.346 e. The molecular weight excluding hydrogens is 428 g/mol. The van der Waals surface area contributed by atoms with Gasteiger partial charge in [-0.3, -0.25) is 14.4 Å². The van der Waals surface area contributed by atoms with Crippen LogP contribution in [0, 0.1) is 17.1 Å². The van der Waals surface area contributed by atoms with E-state index in [0.29, 0.717) is 11.8 Å². The van der Waals surface area contributed by atoms with Crippen molar-refractivity contribution in [3.63, 3.8) is 0 Å². The van der Waals surface area contributed by atoms with Gasteiger partial charge in [-0.25, -0.2) is 4.39 Å². The van der Waals surface area contributed by atoms with E-state index in [-0.39, 0.29) is 22.5 Å². The average molecular weight is 440 g/mol. The zero-order chi connectivity index (χ0) is 22.2. The van der Waals surface area contributed by atoms with Crippen LogP contribution in [0.4, 0.5) is 23.2 Å². The SMILES string of the molecule is Cn1cc(C(=O)C(=O)NC2SC2C(F)(F)F)cc1C(=O)Nc1ccc(F)c(C#N)c1. The van der Waals surface area contributed by atoms with Crippen LogP contribution >= 0.6 is 11.8 Å². The molecule has 0 radical (unpaired) electrons. The second-order valence-electron chi connectivity index (χ2n) is 6.31. The van der Waals surface area contributed by atoms with E-state index in [1.54, 1.807) is 6.07 Å². The molecule has 2 atom stereocenters. The number of Topliss-reactive ketones (excluding diaryl/α,β-unsaturated/α-hetero) is 1. The summed E-state index contributed by atoms with van der Waals surface area (Å²) in [7, 11) is 1.42. The Kier molecular flexibility index (Phi) is 5.58. The number of nitrogens with one attached hydrogen (secondary N) is 2. The molecule has 1 fully saturated rings. The van der Waals surface area contributed by atoms with E-state index in [4.69, 9.17) is 5.26 Å². The third kappa shape index (κ3) is 4.46. The number of hydrogen-bond donors (Lipinski definition) is 2. The number of benzene rings is 1. The molecule has 1 aliphatic heterocycles. The molecule has 7 nitrogen and oxygen atoms in total. The van der Waals surface area contributed by atoms with E-state index < -0.39 is 40.2 Å². The minimum absolute atomic E-state index is 0.0389. The highest BCUT2D eigenvalue weighted by atomic mass is 32.2. The number of carbonyl (C=O) groups excluding carboxylic acids is 3. The van der Waals surface area contributed by atoms with E-state index in [9.17, 15) is 31.9 Å². The summed E-state index contributed by atoms with van der Waals surface area (Å²) in [6.45, 7) is 0. The number of ketones is 1. The molecule has 0 saturated carbocycles. The average Bonchev–Trinajstić information content (AvgIpc) is 3.35. The lowest BCUT2D eigenvalue weighted by Gasteiger charge is -2.06. The third-order valence-electron chi connectivity index (χ3n) is 4.14. The van der Waals surface area contributed by atoms with Crippen molar-refractivity contribution < 1.29 is 31.9 Å². The van der Waals surface area contributed by atoms with Crippen LogP contribution in [0.15, 0.2) is 30.5 Å². The number of anilines is 1. The molecule has 2 heterocycles. The molecule has 0 bridgehead atoms. The van der Waals surface area contributed by atoms with Gasteiger partial charge in [0.25, 0.3) is 17.6 Å². The number of nitriles is 1. The number of halogens is 4. The third-order valence-corrected chi connectivity index (χ3v) is 5.34. The van der Waals surface area contributed by atoms with E-state index in [0.717, 1.165) is 18.2 Å². The highest BCUT2D eigenvalue weighted by Gasteiger charge is 2.58. The number of rotatable bonds is 5. The molecule has 2 unspecified atom stereocenters. The fourth-order valence-corrected chi connectivity index (χ4v) is 3.37. The maximum Gasteiger partial charge on any atom is 0.403 e. The predicted octanol–water partition coefficient (Wildman–Crippen LogP) is 2.59. The molecule has 1 aliphatic rings. The molecule has 1 aromatic carbocycles. The first kappa shape index (κ1) is 21.4.